The molecule has 0 aromatic heterocycles. The fourth-order valence-corrected chi connectivity index (χ4v) is 1.95. The second-order valence-corrected chi connectivity index (χ2v) is 5.89. The highest BCUT2D eigenvalue weighted by Crippen LogP contribution is 2.14. The van der Waals surface area contributed by atoms with E-state index >= 15 is 0 Å². The number of amides is 1. The van der Waals surface area contributed by atoms with Crippen molar-refractivity contribution in [3.63, 3.8) is 0 Å². The van der Waals surface area contributed by atoms with Crippen molar-refractivity contribution in [3.8, 4) is 0 Å². The molecule has 112 valence electrons. The Morgan fingerprint density at radius 3 is 2.30 bits per heavy atom. The van der Waals surface area contributed by atoms with Crippen LogP contribution in [0.4, 0.5) is 0 Å². The van der Waals surface area contributed by atoms with Crippen LogP contribution >= 0.6 is 0 Å². The first-order chi connectivity index (χ1) is 9.49. The second-order valence-electron chi connectivity index (χ2n) is 5.89. The van der Waals surface area contributed by atoms with Crippen molar-refractivity contribution in [2.75, 3.05) is 6.54 Å². The van der Waals surface area contributed by atoms with Gasteiger partial charge in [0.1, 0.15) is 0 Å². The highest BCUT2D eigenvalue weighted by atomic mass is 16.1. The maximum absolute atomic E-state index is 11.7. The van der Waals surface area contributed by atoms with Crippen molar-refractivity contribution in [3.05, 3.63) is 35.4 Å². The molecule has 0 atom stereocenters. The van der Waals surface area contributed by atoms with E-state index in [0.29, 0.717) is 24.9 Å². The SMILES string of the molecule is CC(C)NCCCC(=O)NCc1ccc(C(C)C)cc1. The van der Waals surface area contributed by atoms with E-state index in [1.54, 1.807) is 0 Å². The van der Waals surface area contributed by atoms with Crippen LogP contribution in [0.2, 0.25) is 0 Å². The first-order valence-corrected chi connectivity index (χ1v) is 7.58. The van der Waals surface area contributed by atoms with Gasteiger partial charge in [-0.3, -0.25) is 4.79 Å². The second kappa shape index (κ2) is 8.75. The largest absolute Gasteiger partial charge is 0.352 e. The summed E-state index contributed by atoms with van der Waals surface area (Å²) in [6, 6.07) is 8.95. The predicted molar refractivity (Wildman–Crippen MR) is 84.8 cm³/mol. The summed E-state index contributed by atoms with van der Waals surface area (Å²) in [4.78, 5) is 11.7. The normalized spacial score (nSPS) is 11.1. The van der Waals surface area contributed by atoms with Gasteiger partial charge in [-0.25, -0.2) is 0 Å². The number of nitrogens with one attached hydrogen (secondary N) is 2. The van der Waals surface area contributed by atoms with Crippen LogP contribution in [0.15, 0.2) is 24.3 Å². The zero-order valence-corrected chi connectivity index (χ0v) is 13.2. The molecule has 3 nitrogen and oxygen atoms in total. The number of hydrogen-bond donors (Lipinski definition) is 2. The molecule has 0 aliphatic carbocycles. The quantitative estimate of drug-likeness (QED) is 0.716. The minimum atomic E-state index is 0.128. The minimum Gasteiger partial charge on any atom is -0.352 e. The Kier molecular flexibility index (Phi) is 7.31. The molecule has 0 aliphatic heterocycles. The van der Waals surface area contributed by atoms with Gasteiger partial charge in [0.2, 0.25) is 5.91 Å². The van der Waals surface area contributed by atoms with Gasteiger partial charge in [0.15, 0.2) is 0 Å². The molecule has 2 N–H and O–H groups in total. The van der Waals surface area contributed by atoms with Gasteiger partial charge in [-0.1, -0.05) is 52.0 Å². The van der Waals surface area contributed by atoms with Crippen LogP contribution in [0.1, 0.15) is 57.6 Å². The van der Waals surface area contributed by atoms with E-state index < -0.39 is 0 Å². The van der Waals surface area contributed by atoms with E-state index in [-0.39, 0.29) is 5.91 Å². The van der Waals surface area contributed by atoms with Crippen LogP contribution in [-0.4, -0.2) is 18.5 Å². The summed E-state index contributed by atoms with van der Waals surface area (Å²) in [7, 11) is 0. The van der Waals surface area contributed by atoms with Crippen molar-refractivity contribution >= 4 is 5.91 Å². The average molecular weight is 276 g/mol. The van der Waals surface area contributed by atoms with Gasteiger partial charge < -0.3 is 10.6 Å². The number of carbonyl (C=O) groups excluding carboxylic acids is 1. The summed E-state index contributed by atoms with van der Waals surface area (Å²) in [6.07, 6.45) is 1.47. The third-order valence-electron chi connectivity index (χ3n) is 3.27. The van der Waals surface area contributed by atoms with Gasteiger partial charge in [0.05, 0.1) is 0 Å². The number of benzene rings is 1. The van der Waals surface area contributed by atoms with Gasteiger partial charge >= 0.3 is 0 Å². The molecule has 0 saturated carbocycles. The molecule has 0 spiro atoms. The van der Waals surface area contributed by atoms with Crippen LogP contribution in [-0.2, 0) is 11.3 Å². The number of hydrogen-bond acceptors (Lipinski definition) is 2. The Morgan fingerprint density at radius 1 is 1.10 bits per heavy atom. The zero-order chi connectivity index (χ0) is 15.0. The maximum atomic E-state index is 11.7. The Labute approximate surface area is 123 Å². The van der Waals surface area contributed by atoms with E-state index in [1.165, 1.54) is 5.56 Å². The van der Waals surface area contributed by atoms with Gasteiger partial charge in [0, 0.05) is 19.0 Å². The summed E-state index contributed by atoms with van der Waals surface area (Å²) in [5, 5.41) is 6.28. The molecule has 0 unspecified atom stereocenters. The van der Waals surface area contributed by atoms with E-state index in [0.717, 1.165) is 18.5 Å². The standard InChI is InChI=1S/C17H28N2O/c1-13(2)16-9-7-15(8-10-16)12-19-17(20)6-5-11-18-14(3)4/h7-10,13-14,18H,5-6,11-12H2,1-4H3,(H,19,20). The van der Waals surface area contributed by atoms with Crippen molar-refractivity contribution in [2.45, 2.75) is 59.0 Å². The minimum absolute atomic E-state index is 0.128. The Hall–Kier alpha value is -1.35. The maximum Gasteiger partial charge on any atom is 0.220 e. The van der Waals surface area contributed by atoms with Crippen LogP contribution < -0.4 is 10.6 Å². The van der Waals surface area contributed by atoms with E-state index in [4.69, 9.17) is 0 Å². The van der Waals surface area contributed by atoms with Crippen LogP contribution in [0.25, 0.3) is 0 Å². The van der Waals surface area contributed by atoms with Crippen LogP contribution in [0, 0.1) is 0 Å². The molecule has 1 amide bonds. The Morgan fingerprint density at radius 2 is 1.75 bits per heavy atom. The van der Waals surface area contributed by atoms with Gasteiger partial charge in [-0.2, -0.15) is 0 Å². The van der Waals surface area contributed by atoms with Crippen molar-refractivity contribution in [2.24, 2.45) is 0 Å². The lowest BCUT2D eigenvalue weighted by molar-refractivity contribution is -0.121. The van der Waals surface area contributed by atoms with E-state index in [1.807, 2.05) is 0 Å². The van der Waals surface area contributed by atoms with Crippen LogP contribution in [0.5, 0.6) is 0 Å². The highest BCUT2D eigenvalue weighted by Gasteiger charge is 2.03. The first kappa shape index (κ1) is 16.7. The summed E-state index contributed by atoms with van der Waals surface area (Å²) in [6.45, 7) is 10.1. The lowest BCUT2D eigenvalue weighted by Crippen LogP contribution is -2.27. The van der Waals surface area contributed by atoms with E-state index in [9.17, 15) is 4.79 Å². The summed E-state index contributed by atoms with van der Waals surface area (Å²) < 4.78 is 0. The van der Waals surface area contributed by atoms with Crippen LogP contribution in [0.3, 0.4) is 0 Å². The average Bonchev–Trinajstić information content (AvgIpc) is 2.41. The summed E-state index contributed by atoms with van der Waals surface area (Å²) in [5.74, 6) is 0.676. The molecule has 0 saturated heterocycles. The van der Waals surface area contributed by atoms with E-state index in [2.05, 4.69) is 62.6 Å². The molecular weight excluding hydrogens is 248 g/mol. The number of carbonyl (C=O) groups is 1. The first-order valence-electron chi connectivity index (χ1n) is 7.58. The molecule has 0 fully saturated rings. The smallest absolute Gasteiger partial charge is 0.220 e. The monoisotopic (exact) mass is 276 g/mol. The molecule has 1 aromatic rings. The predicted octanol–water partition coefficient (Wildman–Crippen LogP) is 3.20. The van der Waals surface area contributed by atoms with Crippen molar-refractivity contribution in [1.29, 1.82) is 0 Å². The highest BCUT2D eigenvalue weighted by molar-refractivity contribution is 5.75. The molecule has 0 radical (unpaired) electrons. The summed E-state index contributed by atoms with van der Waals surface area (Å²) in [5.41, 5.74) is 2.49. The summed E-state index contributed by atoms with van der Waals surface area (Å²) >= 11 is 0. The fraction of sp³-hybridized carbons (Fsp3) is 0.588. The lowest BCUT2D eigenvalue weighted by Gasteiger charge is -2.09. The topological polar surface area (TPSA) is 41.1 Å². The molecule has 3 heteroatoms. The Balaban J connectivity index is 2.23. The van der Waals surface area contributed by atoms with Gasteiger partial charge in [0.25, 0.3) is 0 Å². The molecule has 1 aromatic carbocycles. The Bertz CT molecular complexity index is 396. The van der Waals surface area contributed by atoms with Crippen molar-refractivity contribution < 1.29 is 4.79 Å². The zero-order valence-electron chi connectivity index (χ0n) is 13.2. The van der Waals surface area contributed by atoms with Gasteiger partial charge in [-0.15, -0.1) is 0 Å². The third-order valence-corrected chi connectivity index (χ3v) is 3.27. The molecule has 0 bridgehead atoms. The van der Waals surface area contributed by atoms with Crippen molar-refractivity contribution in [1.82, 2.24) is 10.6 Å². The van der Waals surface area contributed by atoms with Gasteiger partial charge in [-0.05, 0) is 30.0 Å². The molecular formula is C17H28N2O. The molecule has 20 heavy (non-hydrogen) atoms. The molecule has 0 heterocycles. The molecule has 1 rings (SSSR count). The third kappa shape index (κ3) is 6.71. The lowest BCUT2D eigenvalue weighted by atomic mass is 10.0. The molecule has 0 aliphatic rings. The number of rotatable bonds is 8. The fourth-order valence-electron chi connectivity index (χ4n) is 1.95.